The number of ether oxygens (including phenoxy) is 2. The topological polar surface area (TPSA) is 67.9 Å². The number of likely N-dealkylation sites (N-methyl/N-ethyl adjacent to an activating group) is 1. The van der Waals surface area contributed by atoms with Crippen molar-refractivity contribution in [2.45, 2.75) is 38.5 Å². The fourth-order valence-electron chi connectivity index (χ4n) is 2.75. The zero-order chi connectivity index (χ0) is 15.7. The fraction of sp³-hybridized carbons (Fsp3) is 0.500. The minimum atomic E-state index is -0.470. The van der Waals surface area contributed by atoms with Crippen LogP contribution < -0.4 is 15.0 Å². The van der Waals surface area contributed by atoms with Gasteiger partial charge in [-0.2, -0.15) is 0 Å². The molecule has 0 aliphatic carbocycles. The van der Waals surface area contributed by atoms with Crippen molar-refractivity contribution >= 4 is 17.5 Å². The van der Waals surface area contributed by atoms with E-state index >= 15 is 0 Å². The number of carbonyl (C=O) groups excluding carboxylic acids is 2. The van der Waals surface area contributed by atoms with Crippen LogP contribution in [0.1, 0.15) is 25.3 Å². The molecule has 1 saturated heterocycles. The number of hydrogen-bond donors (Lipinski definition) is 1. The average molecular weight is 304 g/mol. The van der Waals surface area contributed by atoms with Crippen molar-refractivity contribution in [3.63, 3.8) is 0 Å². The van der Waals surface area contributed by atoms with Crippen molar-refractivity contribution in [1.82, 2.24) is 5.32 Å². The maximum Gasteiger partial charge on any atom is 0.267 e. The highest BCUT2D eigenvalue weighted by Crippen LogP contribution is 2.33. The number of nitrogens with one attached hydrogen (secondary N) is 1. The third-order valence-electron chi connectivity index (χ3n) is 4.06. The van der Waals surface area contributed by atoms with Gasteiger partial charge in [-0.05, 0) is 37.5 Å². The van der Waals surface area contributed by atoms with Crippen LogP contribution >= 0.6 is 0 Å². The van der Waals surface area contributed by atoms with E-state index in [0.29, 0.717) is 18.9 Å². The number of amides is 2. The first-order valence-corrected chi connectivity index (χ1v) is 7.52. The lowest BCUT2D eigenvalue weighted by Crippen LogP contribution is -2.42. The lowest BCUT2D eigenvalue weighted by molar-refractivity contribution is -0.130. The van der Waals surface area contributed by atoms with Gasteiger partial charge in [0.25, 0.3) is 5.91 Å². The van der Waals surface area contributed by atoms with Crippen LogP contribution in [0.3, 0.4) is 0 Å². The summed E-state index contributed by atoms with van der Waals surface area (Å²) in [4.78, 5) is 25.5. The van der Waals surface area contributed by atoms with Crippen LogP contribution in [-0.4, -0.2) is 37.7 Å². The molecule has 118 valence electrons. The number of nitrogens with zero attached hydrogens (tertiary/aromatic N) is 1. The second kappa shape index (κ2) is 5.96. The molecule has 0 radical (unpaired) electrons. The number of hydrogen-bond acceptors (Lipinski definition) is 4. The van der Waals surface area contributed by atoms with Crippen LogP contribution in [0.4, 0.5) is 5.69 Å². The molecule has 2 heterocycles. The summed E-state index contributed by atoms with van der Waals surface area (Å²) in [6.07, 6.45) is 0.909. The Kier molecular flexibility index (Phi) is 4.02. The van der Waals surface area contributed by atoms with E-state index in [0.717, 1.165) is 24.1 Å². The van der Waals surface area contributed by atoms with Crippen molar-refractivity contribution in [1.29, 1.82) is 0 Å². The first kappa shape index (κ1) is 14.8. The van der Waals surface area contributed by atoms with Crippen molar-refractivity contribution in [3.05, 3.63) is 23.8 Å². The standard InChI is InChI=1S/C16H20N2O4/c1-10-16(20)18(2)12-8-11(5-6-13(12)22-10)9-17-15(19)14-4-3-7-21-14/h5-6,8,10,14H,3-4,7,9H2,1-2H3,(H,17,19). The van der Waals surface area contributed by atoms with Gasteiger partial charge in [0.15, 0.2) is 6.10 Å². The van der Waals surface area contributed by atoms with Crippen molar-refractivity contribution < 1.29 is 19.1 Å². The minimum absolute atomic E-state index is 0.0759. The van der Waals surface area contributed by atoms with E-state index in [1.165, 1.54) is 0 Å². The van der Waals surface area contributed by atoms with E-state index in [1.54, 1.807) is 18.9 Å². The summed E-state index contributed by atoms with van der Waals surface area (Å²) in [7, 11) is 1.73. The molecule has 6 heteroatoms. The lowest BCUT2D eigenvalue weighted by Gasteiger charge is -2.30. The van der Waals surface area contributed by atoms with Crippen molar-refractivity contribution in [3.8, 4) is 5.75 Å². The van der Waals surface area contributed by atoms with Gasteiger partial charge in [-0.3, -0.25) is 9.59 Å². The molecule has 1 aromatic carbocycles. The summed E-state index contributed by atoms with van der Waals surface area (Å²) in [6.45, 7) is 2.79. The number of fused-ring (bicyclic) bond motifs is 1. The summed E-state index contributed by atoms with van der Waals surface area (Å²) in [6, 6.07) is 5.60. The Morgan fingerprint density at radius 2 is 2.27 bits per heavy atom. The van der Waals surface area contributed by atoms with Crippen LogP contribution in [-0.2, 0) is 20.9 Å². The van der Waals surface area contributed by atoms with E-state index in [2.05, 4.69) is 5.32 Å². The quantitative estimate of drug-likeness (QED) is 0.912. The van der Waals surface area contributed by atoms with Gasteiger partial charge in [0.05, 0.1) is 5.69 Å². The molecule has 1 N–H and O–H groups in total. The molecule has 2 amide bonds. The molecule has 1 aromatic rings. The van der Waals surface area contributed by atoms with Gasteiger partial charge in [0.1, 0.15) is 11.9 Å². The maximum absolute atomic E-state index is 12.0. The molecule has 2 aliphatic rings. The fourth-order valence-corrected chi connectivity index (χ4v) is 2.75. The molecule has 0 spiro atoms. The summed E-state index contributed by atoms with van der Waals surface area (Å²) in [5.41, 5.74) is 1.65. The summed E-state index contributed by atoms with van der Waals surface area (Å²) in [5, 5.41) is 2.87. The predicted octanol–water partition coefficient (Wildman–Crippen LogP) is 1.23. The van der Waals surface area contributed by atoms with Gasteiger partial charge >= 0.3 is 0 Å². The first-order valence-electron chi connectivity index (χ1n) is 7.52. The van der Waals surface area contributed by atoms with Crippen LogP contribution in [0.2, 0.25) is 0 Å². The molecule has 3 rings (SSSR count). The highest BCUT2D eigenvalue weighted by molar-refractivity contribution is 5.99. The van der Waals surface area contributed by atoms with E-state index in [1.807, 2.05) is 18.2 Å². The Morgan fingerprint density at radius 1 is 1.45 bits per heavy atom. The molecule has 2 aliphatic heterocycles. The molecule has 2 unspecified atom stereocenters. The summed E-state index contributed by atoms with van der Waals surface area (Å²) < 4.78 is 10.9. The Balaban J connectivity index is 1.68. The van der Waals surface area contributed by atoms with Gasteiger partial charge in [0, 0.05) is 20.2 Å². The Hall–Kier alpha value is -2.08. The minimum Gasteiger partial charge on any atom is -0.479 e. The molecule has 1 fully saturated rings. The average Bonchev–Trinajstić information content (AvgIpc) is 3.05. The van der Waals surface area contributed by atoms with E-state index in [9.17, 15) is 9.59 Å². The molecule has 2 atom stereocenters. The van der Waals surface area contributed by atoms with Crippen LogP contribution in [0.15, 0.2) is 18.2 Å². The molecular formula is C16H20N2O4. The molecule has 0 saturated carbocycles. The Labute approximate surface area is 129 Å². The van der Waals surface area contributed by atoms with Crippen LogP contribution in [0.25, 0.3) is 0 Å². The molecule has 6 nitrogen and oxygen atoms in total. The Morgan fingerprint density at radius 3 is 3.00 bits per heavy atom. The monoisotopic (exact) mass is 304 g/mol. The normalized spacial score (nSPS) is 23.9. The number of anilines is 1. The Bertz CT molecular complexity index is 596. The van der Waals surface area contributed by atoms with Gasteiger partial charge in [-0.15, -0.1) is 0 Å². The van der Waals surface area contributed by atoms with Crippen LogP contribution in [0.5, 0.6) is 5.75 Å². The molecule has 22 heavy (non-hydrogen) atoms. The lowest BCUT2D eigenvalue weighted by atomic mass is 10.1. The van der Waals surface area contributed by atoms with Gasteiger partial charge in [-0.1, -0.05) is 6.07 Å². The van der Waals surface area contributed by atoms with Crippen molar-refractivity contribution in [2.24, 2.45) is 0 Å². The third-order valence-corrected chi connectivity index (χ3v) is 4.06. The van der Waals surface area contributed by atoms with Gasteiger partial charge in [-0.25, -0.2) is 0 Å². The largest absolute Gasteiger partial charge is 0.479 e. The second-order valence-electron chi connectivity index (χ2n) is 5.68. The third kappa shape index (κ3) is 2.78. The SMILES string of the molecule is CC1Oc2ccc(CNC(=O)C3CCCO3)cc2N(C)C1=O. The number of benzene rings is 1. The van der Waals surface area contributed by atoms with Gasteiger partial charge in [0.2, 0.25) is 5.91 Å². The highest BCUT2D eigenvalue weighted by atomic mass is 16.5. The van der Waals surface area contributed by atoms with E-state index < -0.39 is 6.10 Å². The van der Waals surface area contributed by atoms with Crippen LogP contribution in [0, 0.1) is 0 Å². The smallest absolute Gasteiger partial charge is 0.267 e. The van der Waals surface area contributed by atoms with Gasteiger partial charge < -0.3 is 19.7 Å². The zero-order valence-corrected chi connectivity index (χ0v) is 12.8. The highest BCUT2D eigenvalue weighted by Gasteiger charge is 2.29. The van der Waals surface area contributed by atoms with Crippen molar-refractivity contribution in [2.75, 3.05) is 18.6 Å². The second-order valence-corrected chi connectivity index (χ2v) is 5.68. The first-order chi connectivity index (χ1) is 10.6. The summed E-state index contributed by atoms with van der Waals surface area (Å²) >= 11 is 0. The molecule has 0 aromatic heterocycles. The molecule has 0 bridgehead atoms. The number of carbonyl (C=O) groups is 2. The number of rotatable bonds is 3. The van der Waals surface area contributed by atoms with E-state index in [4.69, 9.17) is 9.47 Å². The predicted molar refractivity (Wildman–Crippen MR) is 80.8 cm³/mol. The molecular weight excluding hydrogens is 284 g/mol. The summed E-state index contributed by atoms with van der Waals surface area (Å²) in [5.74, 6) is 0.529. The zero-order valence-electron chi connectivity index (χ0n) is 12.8. The van der Waals surface area contributed by atoms with E-state index in [-0.39, 0.29) is 17.9 Å². The maximum atomic E-state index is 12.0.